The maximum absolute atomic E-state index is 14.7. The van der Waals surface area contributed by atoms with Gasteiger partial charge >= 0.3 is 12.1 Å². The molecule has 0 fully saturated rings. The standard InChI is InChI=1S/C23H24FN3O4/c1-14-11-18(24)17(13-19(14)25-22(29)30-23(3,4)5)20-12-15(2)27(26-20)31-21(28)16-9-7-6-8-10-16/h6-13H,1-5H3,(H,25,29). The first kappa shape index (κ1) is 22.0. The molecular formula is C23H24FN3O4. The zero-order valence-electron chi connectivity index (χ0n) is 18.0. The Morgan fingerprint density at radius 3 is 2.39 bits per heavy atom. The summed E-state index contributed by atoms with van der Waals surface area (Å²) < 4.78 is 20.0. The summed E-state index contributed by atoms with van der Waals surface area (Å²) in [5.74, 6) is -1.11. The Kier molecular flexibility index (Phi) is 6.10. The fourth-order valence-corrected chi connectivity index (χ4v) is 2.81. The molecule has 7 nitrogen and oxygen atoms in total. The number of hydrogen-bond donors (Lipinski definition) is 1. The number of ether oxygens (including phenoxy) is 1. The number of amides is 1. The summed E-state index contributed by atoms with van der Waals surface area (Å²) in [5.41, 5.74) is 1.51. The number of hydrogen-bond acceptors (Lipinski definition) is 5. The van der Waals surface area contributed by atoms with E-state index in [1.165, 1.54) is 12.1 Å². The lowest BCUT2D eigenvalue weighted by molar-refractivity contribution is 0.0383. The van der Waals surface area contributed by atoms with Crippen LogP contribution in [-0.2, 0) is 4.74 Å². The van der Waals surface area contributed by atoms with Gasteiger partial charge < -0.3 is 9.57 Å². The van der Waals surface area contributed by atoms with Crippen molar-refractivity contribution in [1.82, 2.24) is 9.94 Å². The van der Waals surface area contributed by atoms with Crippen molar-refractivity contribution in [1.29, 1.82) is 0 Å². The second kappa shape index (κ2) is 8.59. The molecule has 162 valence electrons. The molecule has 3 aromatic rings. The highest BCUT2D eigenvalue weighted by Gasteiger charge is 2.20. The van der Waals surface area contributed by atoms with Gasteiger partial charge in [0, 0.05) is 11.3 Å². The van der Waals surface area contributed by atoms with E-state index in [0.29, 0.717) is 22.5 Å². The van der Waals surface area contributed by atoms with Gasteiger partial charge in [0.2, 0.25) is 0 Å². The SMILES string of the molecule is Cc1cc(F)c(-c2cc(C)n(OC(=O)c3ccccc3)n2)cc1NC(=O)OC(C)(C)C. The number of nitrogens with zero attached hydrogens (tertiary/aromatic N) is 2. The Labute approximate surface area is 179 Å². The summed E-state index contributed by atoms with van der Waals surface area (Å²) in [4.78, 5) is 30.8. The number of aromatic nitrogens is 2. The summed E-state index contributed by atoms with van der Waals surface area (Å²) in [7, 11) is 0. The molecule has 0 radical (unpaired) electrons. The number of anilines is 1. The molecule has 1 amide bonds. The molecule has 1 aromatic heterocycles. The molecule has 1 N–H and O–H groups in total. The van der Waals surface area contributed by atoms with Crippen molar-refractivity contribution < 1.29 is 23.6 Å². The molecule has 0 unspecified atom stereocenters. The van der Waals surface area contributed by atoms with E-state index in [9.17, 15) is 14.0 Å². The quantitative estimate of drug-likeness (QED) is 0.641. The minimum absolute atomic E-state index is 0.147. The highest BCUT2D eigenvalue weighted by molar-refractivity contribution is 5.89. The van der Waals surface area contributed by atoms with Crippen molar-refractivity contribution in [3.8, 4) is 11.3 Å². The average Bonchev–Trinajstić information content (AvgIpc) is 3.03. The highest BCUT2D eigenvalue weighted by atomic mass is 19.1. The van der Waals surface area contributed by atoms with Crippen molar-refractivity contribution in [3.63, 3.8) is 0 Å². The fraction of sp³-hybridized carbons (Fsp3) is 0.261. The zero-order chi connectivity index (χ0) is 22.8. The van der Waals surface area contributed by atoms with Crippen LogP contribution in [0.4, 0.5) is 14.9 Å². The molecule has 0 bridgehead atoms. The lowest BCUT2D eigenvalue weighted by Crippen LogP contribution is -2.27. The molecule has 1 heterocycles. The van der Waals surface area contributed by atoms with Gasteiger partial charge in [0.1, 0.15) is 11.4 Å². The molecule has 8 heteroatoms. The largest absolute Gasteiger partial charge is 0.444 e. The van der Waals surface area contributed by atoms with Crippen LogP contribution >= 0.6 is 0 Å². The number of rotatable bonds is 4. The average molecular weight is 425 g/mol. The second-order valence-electron chi connectivity index (χ2n) is 8.06. The van der Waals surface area contributed by atoms with Gasteiger partial charge in [-0.3, -0.25) is 5.32 Å². The van der Waals surface area contributed by atoms with E-state index in [1.807, 2.05) is 0 Å². The third kappa shape index (κ3) is 5.48. The Bertz CT molecular complexity index is 1120. The van der Waals surface area contributed by atoms with E-state index in [0.717, 1.165) is 4.85 Å². The van der Waals surface area contributed by atoms with Crippen molar-refractivity contribution in [2.45, 2.75) is 40.2 Å². The van der Waals surface area contributed by atoms with E-state index in [1.54, 1.807) is 71.0 Å². The predicted octanol–water partition coefficient (Wildman–Crippen LogP) is 4.92. The maximum Gasteiger partial charge on any atom is 0.412 e. The first-order chi connectivity index (χ1) is 14.5. The first-order valence-corrected chi connectivity index (χ1v) is 9.68. The fourth-order valence-electron chi connectivity index (χ4n) is 2.81. The molecule has 0 atom stereocenters. The minimum Gasteiger partial charge on any atom is -0.444 e. The van der Waals surface area contributed by atoms with Crippen LogP contribution in [0.15, 0.2) is 48.5 Å². The Hall–Kier alpha value is -3.68. The summed E-state index contributed by atoms with van der Waals surface area (Å²) in [6, 6.07) is 12.8. The third-order valence-corrected chi connectivity index (χ3v) is 4.25. The van der Waals surface area contributed by atoms with Crippen molar-refractivity contribution in [2.24, 2.45) is 0 Å². The molecule has 3 rings (SSSR count). The van der Waals surface area contributed by atoms with Crippen LogP contribution < -0.4 is 10.2 Å². The number of carbonyl (C=O) groups is 2. The smallest absolute Gasteiger partial charge is 0.412 e. The monoisotopic (exact) mass is 425 g/mol. The van der Waals surface area contributed by atoms with Crippen LogP contribution in [0, 0.1) is 19.7 Å². The normalized spacial score (nSPS) is 11.2. The van der Waals surface area contributed by atoms with Gasteiger partial charge in [-0.2, -0.15) is 0 Å². The van der Waals surface area contributed by atoms with Crippen LogP contribution in [0.5, 0.6) is 0 Å². The van der Waals surface area contributed by atoms with Gasteiger partial charge in [-0.05, 0) is 70.5 Å². The molecule has 31 heavy (non-hydrogen) atoms. The van der Waals surface area contributed by atoms with E-state index < -0.39 is 23.5 Å². The Morgan fingerprint density at radius 1 is 1.06 bits per heavy atom. The van der Waals surface area contributed by atoms with Gasteiger partial charge in [-0.25, -0.2) is 14.0 Å². The Morgan fingerprint density at radius 2 is 1.74 bits per heavy atom. The first-order valence-electron chi connectivity index (χ1n) is 9.68. The van der Waals surface area contributed by atoms with Crippen LogP contribution in [0.2, 0.25) is 0 Å². The third-order valence-electron chi connectivity index (χ3n) is 4.25. The van der Waals surface area contributed by atoms with Gasteiger partial charge in [0.05, 0.1) is 17.0 Å². The predicted molar refractivity (Wildman–Crippen MR) is 114 cm³/mol. The van der Waals surface area contributed by atoms with Crippen LogP contribution in [-0.4, -0.2) is 27.6 Å². The number of halogens is 1. The van der Waals surface area contributed by atoms with Crippen LogP contribution in [0.25, 0.3) is 11.3 Å². The van der Waals surface area contributed by atoms with E-state index in [-0.39, 0.29) is 11.3 Å². The lowest BCUT2D eigenvalue weighted by Gasteiger charge is -2.20. The zero-order valence-corrected chi connectivity index (χ0v) is 18.0. The topological polar surface area (TPSA) is 82.5 Å². The van der Waals surface area contributed by atoms with Gasteiger partial charge in [-0.1, -0.05) is 23.0 Å². The van der Waals surface area contributed by atoms with Crippen LogP contribution in [0.1, 0.15) is 42.4 Å². The second-order valence-corrected chi connectivity index (χ2v) is 8.06. The number of benzene rings is 2. The number of aryl methyl sites for hydroxylation is 2. The van der Waals surface area contributed by atoms with Gasteiger partial charge in [0.25, 0.3) is 0 Å². The highest BCUT2D eigenvalue weighted by Crippen LogP contribution is 2.29. The van der Waals surface area contributed by atoms with Gasteiger partial charge in [-0.15, -0.1) is 5.10 Å². The van der Waals surface area contributed by atoms with E-state index >= 15 is 0 Å². The summed E-state index contributed by atoms with van der Waals surface area (Å²) in [6.07, 6.45) is -0.647. The molecular weight excluding hydrogens is 401 g/mol. The van der Waals surface area contributed by atoms with E-state index in [2.05, 4.69) is 10.4 Å². The summed E-state index contributed by atoms with van der Waals surface area (Å²) in [6.45, 7) is 8.61. The molecule has 0 spiro atoms. The Balaban J connectivity index is 1.86. The van der Waals surface area contributed by atoms with Crippen molar-refractivity contribution in [3.05, 3.63) is 71.2 Å². The van der Waals surface area contributed by atoms with Crippen molar-refractivity contribution in [2.75, 3.05) is 5.32 Å². The summed E-state index contributed by atoms with van der Waals surface area (Å²) >= 11 is 0. The number of nitrogens with one attached hydrogen (secondary N) is 1. The van der Waals surface area contributed by atoms with E-state index in [4.69, 9.17) is 9.57 Å². The molecule has 0 saturated carbocycles. The maximum atomic E-state index is 14.7. The molecule has 0 aliphatic rings. The lowest BCUT2D eigenvalue weighted by atomic mass is 10.1. The minimum atomic E-state index is -0.667. The molecule has 0 saturated heterocycles. The summed E-state index contributed by atoms with van der Waals surface area (Å²) in [5, 5.41) is 6.84. The van der Waals surface area contributed by atoms with Crippen LogP contribution in [0.3, 0.4) is 0 Å². The molecule has 0 aliphatic heterocycles. The van der Waals surface area contributed by atoms with Gasteiger partial charge in [0.15, 0.2) is 0 Å². The molecule has 2 aromatic carbocycles. The number of carbonyl (C=O) groups excluding carboxylic acids is 2. The van der Waals surface area contributed by atoms with Crippen molar-refractivity contribution >= 4 is 17.7 Å². The molecule has 0 aliphatic carbocycles.